The normalized spacial score (nSPS) is 17.0. The number of carbonyl (C=O) groups is 1. The zero-order valence-corrected chi connectivity index (χ0v) is 10.4. The van der Waals surface area contributed by atoms with Crippen molar-refractivity contribution in [2.24, 2.45) is 0 Å². The van der Waals surface area contributed by atoms with E-state index in [1.165, 1.54) is 0 Å². The molecular formula is C13H19N3O2. The predicted octanol–water partition coefficient (Wildman–Crippen LogP) is 0.469. The maximum Gasteiger partial charge on any atom is 0.221 e. The van der Waals surface area contributed by atoms with Crippen LogP contribution in [0.3, 0.4) is 0 Å². The van der Waals surface area contributed by atoms with Crippen molar-refractivity contribution in [3.05, 3.63) is 24.3 Å². The molecule has 5 nitrogen and oxygen atoms in total. The van der Waals surface area contributed by atoms with Crippen LogP contribution in [0.25, 0.3) is 0 Å². The summed E-state index contributed by atoms with van der Waals surface area (Å²) in [6.45, 7) is 3.83. The van der Waals surface area contributed by atoms with Gasteiger partial charge in [0.05, 0.1) is 0 Å². The minimum atomic E-state index is 0.134. The third-order valence-electron chi connectivity index (χ3n) is 2.94. The molecule has 1 aromatic carbocycles. The Kier molecular flexibility index (Phi) is 4.41. The minimum absolute atomic E-state index is 0.134. The molecule has 2 rings (SSSR count). The van der Waals surface area contributed by atoms with Gasteiger partial charge < -0.3 is 15.8 Å². The van der Waals surface area contributed by atoms with E-state index in [2.05, 4.69) is 10.2 Å². The van der Waals surface area contributed by atoms with Gasteiger partial charge >= 0.3 is 0 Å². The molecular weight excluding hydrogens is 230 g/mol. The van der Waals surface area contributed by atoms with Crippen molar-refractivity contribution >= 4 is 11.6 Å². The van der Waals surface area contributed by atoms with Crippen molar-refractivity contribution in [2.45, 2.75) is 6.42 Å². The maximum absolute atomic E-state index is 11.2. The quantitative estimate of drug-likeness (QED) is 0.761. The summed E-state index contributed by atoms with van der Waals surface area (Å²) in [4.78, 5) is 13.4. The molecule has 0 atom stereocenters. The summed E-state index contributed by atoms with van der Waals surface area (Å²) >= 11 is 0. The summed E-state index contributed by atoms with van der Waals surface area (Å²) < 4.78 is 5.63. The van der Waals surface area contributed by atoms with Gasteiger partial charge in [-0.25, -0.2) is 0 Å². The number of nitrogens with zero attached hydrogens (tertiary/aromatic N) is 1. The van der Waals surface area contributed by atoms with Gasteiger partial charge in [-0.1, -0.05) is 6.07 Å². The summed E-state index contributed by atoms with van der Waals surface area (Å²) in [7, 11) is 0. The molecule has 1 aromatic rings. The van der Waals surface area contributed by atoms with E-state index in [-0.39, 0.29) is 5.91 Å². The van der Waals surface area contributed by atoms with Crippen LogP contribution in [0.2, 0.25) is 0 Å². The lowest BCUT2D eigenvalue weighted by atomic mass is 10.3. The first-order valence-corrected chi connectivity index (χ1v) is 6.21. The second-order valence-electron chi connectivity index (χ2n) is 4.36. The molecule has 0 aromatic heterocycles. The van der Waals surface area contributed by atoms with Gasteiger partial charge in [-0.05, 0) is 12.1 Å². The number of hydrogen-bond donors (Lipinski definition) is 2. The average molecular weight is 249 g/mol. The van der Waals surface area contributed by atoms with Crippen LogP contribution < -0.4 is 15.8 Å². The van der Waals surface area contributed by atoms with E-state index in [1.54, 1.807) is 0 Å². The predicted molar refractivity (Wildman–Crippen MR) is 70.4 cm³/mol. The van der Waals surface area contributed by atoms with Crippen LogP contribution in [0, 0.1) is 0 Å². The molecule has 0 spiro atoms. The van der Waals surface area contributed by atoms with Gasteiger partial charge in [0, 0.05) is 44.4 Å². The van der Waals surface area contributed by atoms with Gasteiger partial charge in [-0.2, -0.15) is 0 Å². The van der Waals surface area contributed by atoms with Crippen LogP contribution in [0.1, 0.15) is 6.42 Å². The topological polar surface area (TPSA) is 67.6 Å². The van der Waals surface area contributed by atoms with Gasteiger partial charge in [-0.15, -0.1) is 0 Å². The number of nitrogens with one attached hydrogen (secondary N) is 1. The second kappa shape index (κ2) is 6.26. The van der Waals surface area contributed by atoms with Gasteiger partial charge in [0.25, 0.3) is 0 Å². The number of ether oxygens (including phenoxy) is 1. The molecule has 0 saturated carbocycles. The Morgan fingerprint density at radius 1 is 1.39 bits per heavy atom. The zero-order chi connectivity index (χ0) is 12.8. The number of hydrogen-bond acceptors (Lipinski definition) is 4. The summed E-state index contributed by atoms with van der Waals surface area (Å²) in [5.74, 6) is 0.924. The summed E-state index contributed by atoms with van der Waals surface area (Å²) in [5, 5.41) is 2.85. The van der Waals surface area contributed by atoms with Crippen LogP contribution >= 0.6 is 0 Å². The first-order chi connectivity index (χ1) is 8.74. The molecule has 1 aliphatic heterocycles. The van der Waals surface area contributed by atoms with E-state index in [1.807, 2.05) is 24.3 Å². The summed E-state index contributed by atoms with van der Waals surface area (Å²) in [6, 6.07) is 7.41. The highest BCUT2D eigenvalue weighted by Crippen LogP contribution is 2.14. The summed E-state index contributed by atoms with van der Waals surface area (Å²) in [5.41, 5.74) is 6.38. The standard InChI is InChI=1S/C13H19N3O2/c14-11-2-1-3-12(10-11)18-9-8-16-6-4-13(17)15-5-7-16/h1-3,10H,4-9,14H2,(H,15,17). The zero-order valence-electron chi connectivity index (χ0n) is 10.4. The highest BCUT2D eigenvalue weighted by atomic mass is 16.5. The van der Waals surface area contributed by atoms with Gasteiger partial charge in [0.1, 0.15) is 12.4 Å². The molecule has 1 aliphatic rings. The molecule has 1 heterocycles. The molecule has 0 radical (unpaired) electrons. The molecule has 98 valence electrons. The van der Waals surface area contributed by atoms with Crippen LogP contribution in [0.4, 0.5) is 5.69 Å². The molecule has 5 heteroatoms. The second-order valence-corrected chi connectivity index (χ2v) is 4.36. The largest absolute Gasteiger partial charge is 0.492 e. The van der Waals surface area contributed by atoms with Crippen LogP contribution in [-0.2, 0) is 4.79 Å². The first-order valence-electron chi connectivity index (χ1n) is 6.21. The number of nitrogen functional groups attached to an aromatic ring is 1. The van der Waals surface area contributed by atoms with E-state index < -0.39 is 0 Å². The Morgan fingerprint density at radius 2 is 2.28 bits per heavy atom. The highest BCUT2D eigenvalue weighted by Gasteiger charge is 2.12. The number of anilines is 1. The molecule has 1 saturated heterocycles. The van der Waals surface area contributed by atoms with Crippen molar-refractivity contribution in [2.75, 3.05) is 38.5 Å². The number of nitrogens with two attached hydrogens (primary N) is 1. The Balaban J connectivity index is 1.73. The molecule has 18 heavy (non-hydrogen) atoms. The lowest BCUT2D eigenvalue weighted by molar-refractivity contribution is -0.120. The lowest BCUT2D eigenvalue weighted by Gasteiger charge is -2.18. The monoisotopic (exact) mass is 249 g/mol. The van der Waals surface area contributed by atoms with E-state index in [4.69, 9.17) is 10.5 Å². The van der Waals surface area contributed by atoms with Crippen LogP contribution in [0.15, 0.2) is 24.3 Å². The van der Waals surface area contributed by atoms with Crippen molar-refractivity contribution in [3.8, 4) is 5.75 Å². The van der Waals surface area contributed by atoms with Crippen molar-refractivity contribution in [3.63, 3.8) is 0 Å². The van der Waals surface area contributed by atoms with Crippen LogP contribution in [-0.4, -0.2) is 43.6 Å². The fraction of sp³-hybridized carbons (Fsp3) is 0.462. The molecule has 1 fully saturated rings. The van der Waals surface area contributed by atoms with Gasteiger partial charge in [0.2, 0.25) is 5.91 Å². The Hall–Kier alpha value is -1.75. The maximum atomic E-state index is 11.2. The van der Waals surface area contributed by atoms with Crippen molar-refractivity contribution in [1.82, 2.24) is 10.2 Å². The number of carbonyl (C=O) groups excluding carboxylic acids is 1. The Labute approximate surface area is 107 Å². The lowest BCUT2D eigenvalue weighted by Crippen LogP contribution is -2.32. The third-order valence-corrected chi connectivity index (χ3v) is 2.94. The van der Waals surface area contributed by atoms with Gasteiger partial charge in [0.15, 0.2) is 0 Å². The fourth-order valence-corrected chi connectivity index (χ4v) is 1.93. The van der Waals surface area contributed by atoms with E-state index >= 15 is 0 Å². The fourth-order valence-electron chi connectivity index (χ4n) is 1.93. The Morgan fingerprint density at radius 3 is 3.11 bits per heavy atom. The number of rotatable bonds is 4. The molecule has 0 aliphatic carbocycles. The van der Waals surface area contributed by atoms with Crippen molar-refractivity contribution < 1.29 is 9.53 Å². The molecule has 1 amide bonds. The Bertz CT molecular complexity index is 409. The van der Waals surface area contributed by atoms with Crippen molar-refractivity contribution in [1.29, 1.82) is 0 Å². The van der Waals surface area contributed by atoms with E-state index in [9.17, 15) is 4.79 Å². The SMILES string of the molecule is Nc1cccc(OCCN2CCNC(=O)CC2)c1. The highest BCUT2D eigenvalue weighted by molar-refractivity contribution is 5.76. The first kappa shape index (κ1) is 12.7. The third kappa shape index (κ3) is 3.92. The minimum Gasteiger partial charge on any atom is -0.492 e. The van der Waals surface area contributed by atoms with E-state index in [0.29, 0.717) is 18.7 Å². The van der Waals surface area contributed by atoms with Crippen LogP contribution in [0.5, 0.6) is 5.75 Å². The number of benzene rings is 1. The molecule has 0 bridgehead atoms. The molecule has 0 unspecified atom stereocenters. The van der Waals surface area contributed by atoms with Gasteiger partial charge in [-0.3, -0.25) is 9.69 Å². The smallest absolute Gasteiger partial charge is 0.221 e. The number of amides is 1. The summed E-state index contributed by atoms with van der Waals surface area (Å²) in [6.07, 6.45) is 0.568. The average Bonchev–Trinajstić information content (AvgIpc) is 2.55. The van der Waals surface area contributed by atoms with E-state index in [0.717, 1.165) is 31.9 Å². The molecule has 3 N–H and O–H groups in total.